The molecule has 0 aliphatic rings. The van der Waals surface area contributed by atoms with Gasteiger partial charge in [0.1, 0.15) is 0 Å². The van der Waals surface area contributed by atoms with Crippen molar-refractivity contribution in [2.45, 2.75) is 59.9 Å². The van der Waals surface area contributed by atoms with E-state index in [1.165, 1.54) is 0 Å². The van der Waals surface area contributed by atoms with Crippen LogP contribution in [0, 0.1) is 11.3 Å². The summed E-state index contributed by atoms with van der Waals surface area (Å²) >= 11 is 0. The van der Waals surface area contributed by atoms with Gasteiger partial charge in [-0.2, -0.15) is 0 Å². The fraction of sp³-hybridized carbons (Fsp3) is 0.923. The van der Waals surface area contributed by atoms with Gasteiger partial charge >= 0.3 is 5.97 Å². The summed E-state index contributed by atoms with van der Waals surface area (Å²) in [7, 11) is 0. The van der Waals surface area contributed by atoms with Crippen molar-refractivity contribution in [2.75, 3.05) is 6.61 Å². The molecule has 3 heteroatoms. The number of esters is 1. The lowest BCUT2D eigenvalue weighted by molar-refractivity contribution is -0.144. The maximum Gasteiger partial charge on any atom is 0.307 e. The molecular weight excluding hydrogens is 202 g/mol. The molecule has 0 bridgehead atoms. The zero-order valence-electron chi connectivity index (χ0n) is 11.4. The molecule has 0 heterocycles. The van der Waals surface area contributed by atoms with Crippen molar-refractivity contribution in [1.82, 2.24) is 0 Å². The molecule has 0 aliphatic carbocycles. The Morgan fingerprint density at radius 1 is 1.31 bits per heavy atom. The van der Waals surface area contributed by atoms with Crippen LogP contribution in [0.3, 0.4) is 0 Å². The molecule has 1 atom stereocenters. The van der Waals surface area contributed by atoms with E-state index in [4.69, 9.17) is 10.5 Å². The summed E-state index contributed by atoms with van der Waals surface area (Å²) in [6.07, 6.45) is 2.35. The quantitative estimate of drug-likeness (QED) is 0.563. The Hall–Kier alpha value is -0.570. The Balaban J connectivity index is 3.67. The van der Waals surface area contributed by atoms with E-state index < -0.39 is 0 Å². The van der Waals surface area contributed by atoms with E-state index in [1.807, 2.05) is 20.8 Å². The van der Waals surface area contributed by atoms with E-state index in [0.717, 1.165) is 12.8 Å². The second kappa shape index (κ2) is 6.89. The van der Waals surface area contributed by atoms with Gasteiger partial charge in [-0.05, 0) is 24.2 Å². The summed E-state index contributed by atoms with van der Waals surface area (Å²) in [5, 5.41) is 0. The highest BCUT2D eigenvalue weighted by molar-refractivity contribution is 5.70. The zero-order valence-corrected chi connectivity index (χ0v) is 11.4. The van der Waals surface area contributed by atoms with E-state index in [2.05, 4.69) is 13.8 Å². The van der Waals surface area contributed by atoms with Crippen molar-refractivity contribution in [2.24, 2.45) is 17.1 Å². The third-order valence-corrected chi connectivity index (χ3v) is 2.69. The van der Waals surface area contributed by atoms with Crippen molar-refractivity contribution in [1.29, 1.82) is 0 Å². The van der Waals surface area contributed by atoms with Crippen LogP contribution in [-0.4, -0.2) is 18.6 Å². The first-order valence-corrected chi connectivity index (χ1v) is 6.14. The smallest absolute Gasteiger partial charge is 0.307 e. The average Bonchev–Trinajstić information content (AvgIpc) is 2.10. The summed E-state index contributed by atoms with van der Waals surface area (Å²) in [5.41, 5.74) is 5.86. The molecule has 16 heavy (non-hydrogen) atoms. The zero-order chi connectivity index (χ0) is 12.8. The number of carbonyl (C=O) groups excluding carboxylic acids is 1. The summed E-state index contributed by atoms with van der Waals surface area (Å²) < 4.78 is 5.14. The summed E-state index contributed by atoms with van der Waals surface area (Å²) in [4.78, 5) is 11.4. The molecule has 3 nitrogen and oxygen atoms in total. The van der Waals surface area contributed by atoms with Crippen molar-refractivity contribution in [3.63, 3.8) is 0 Å². The maximum atomic E-state index is 11.4. The highest BCUT2D eigenvalue weighted by atomic mass is 16.5. The third kappa shape index (κ3) is 7.69. The number of hydrogen-bond acceptors (Lipinski definition) is 3. The molecule has 96 valence electrons. The Labute approximate surface area is 99.7 Å². The topological polar surface area (TPSA) is 52.3 Å². The summed E-state index contributed by atoms with van der Waals surface area (Å²) in [6, 6.07) is -0.134. The molecule has 1 unspecified atom stereocenters. The van der Waals surface area contributed by atoms with Gasteiger partial charge < -0.3 is 10.5 Å². The van der Waals surface area contributed by atoms with Gasteiger partial charge in [0.05, 0.1) is 13.0 Å². The molecule has 0 rings (SSSR count). The van der Waals surface area contributed by atoms with Crippen molar-refractivity contribution >= 4 is 5.97 Å². The van der Waals surface area contributed by atoms with E-state index in [9.17, 15) is 4.79 Å². The Morgan fingerprint density at radius 2 is 1.88 bits per heavy atom. The first-order chi connectivity index (χ1) is 7.23. The van der Waals surface area contributed by atoms with Crippen LogP contribution in [-0.2, 0) is 9.53 Å². The molecule has 0 saturated heterocycles. The largest absolute Gasteiger partial charge is 0.466 e. The van der Waals surface area contributed by atoms with Gasteiger partial charge in [-0.25, -0.2) is 0 Å². The van der Waals surface area contributed by atoms with Gasteiger partial charge in [0.15, 0.2) is 0 Å². The molecule has 0 radical (unpaired) electrons. The fourth-order valence-electron chi connectivity index (χ4n) is 1.22. The van der Waals surface area contributed by atoms with Crippen LogP contribution < -0.4 is 5.73 Å². The molecule has 0 aromatic rings. The van der Waals surface area contributed by atoms with Crippen molar-refractivity contribution in [3.05, 3.63) is 0 Å². The highest BCUT2D eigenvalue weighted by Crippen LogP contribution is 2.20. The lowest BCUT2D eigenvalue weighted by atomic mass is 9.85. The Morgan fingerprint density at radius 3 is 2.31 bits per heavy atom. The first kappa shape index (κ1) is 15.4. The number of nitrogens with two attached hydrogens (primary N) is 1. The summed E-state index contributed by atoms with van der Waals surface area (Å²) in [6.45, 7) is 10.9. The predicted molar refractivity (Wildman–Crippen MR) is 67.1 cm³/mol. The van der Waals surface area contributed by atoms with Gasteiger partial charge in [0, 0.05) is 6.04 Å². The van der Waals surface area contributed by atoms with E-state index in [0.29, 0.717) is 18.9 Å². The highest BCUT2D eigenvalue weighted by Gasteiger charge is 2.23. The number of carbonyl (C=O) groups is 1. The molecular formula is C13H27NO2. The predicted octanol–water partition coefficient (Wildman–Crippen LogP) is 2.73. The van der Waals surface area contributed by atoms with Gasteiger partial charge in [-0.3, -0.25) is 4.79 Å². The lowest BCUT2D eigenvalue weighted by Crippen LogP contribution is -2.37. The minimum Gasteiger partial charge on any atom is -0.466 e. The van der Waals surface area contributed by atoms with Crippen molar-refractivity contribution < 1.29 is 9.53 Å². The van der Waals surface area contributed by atoms with Crippen molar-refractivity contribution in [3.8, 4) is 0 Å². The van der Waals surface area contributed by atoms with Crippen LogP contribution >= 0.6 is 0 Å². The molecule has 0 aromatic heterocycles. The van der Waals surface area contributed by atoms with Crippen LogP contribution in [0.25, 0.3) is 0 Å². The van der Waals surface area contributed by atoms with Crippen LogP contribution in [0.15, 0.2) is 0 Å². The molecule has 0 fully saturated rings. The number of rotatable bonds is 6. The lowest BCUT2D eigenvalue weighted by Gasteiger charge is -2.26. The fourth-order valence-corrected chi connectivity index (χ4v) is 1.22. The van der Waals surface area contributed by atoms with Crippen LogP contribution in [0.5, 0.6) is 0 Å². The second-order valence-corrected chi connectivity index (χ2v) is 5.93. The number of hydrogen-bond donors (Lipinski definition) is 1. The van der Waals surface area contributed by atoms with Gasteiger partial charge in [-0.1, -0.05) is 34.6 Å². The Bertz CT molecular complexity index is 206. The van der Waals surface area contributed by atoms with Gasteiger partial charge in [0.2, 0.25) is 0 Å². The molecule has 0 saturated carbocycles. The Kier molecular flexibility index (Phi) is 6.65. The average molecular weight is 229 g/mol. The SMILES string of the molecule is CC(C)CCCOC(=O)CC(N)C(C)(C)C. The molecule has 0 aliphatic heterocycles. The molecule has 0 amide bonds. The number of ether oxygens (including phenoxy) is 1. The minimum atomic E-state index is -0.175. The van der Waals surface area contributed by atoms with Gasteiger partial charge in [-0.15, -0.1) is 0 Å². The normalized spacial score (nSPS) is 13.9. The first-order valence-electron chi connectivity index (χ1n) is 6.14. The minimum absolute atomic E-state index is 0.0447. The molecule has 0 spiro atoms. The van der Waals surface area contributed by atoms with Gasteiger partial charge in [0.25, 0.3) is 0 Å². The second-order valence-electron chi connectivity index (χ2n) is 5.93. The van der Waals surface area contributed by atoms with E-state index in [1.54, 1.807) is 0 Å². The van der Waals surface area contributed by atoms with Crippen LogP contribution in [0.1, 0.15) is 53.9 Å². The third-order valence-electron chi connectivity index (χ3n) is 2.69. The van der Waals surface area contributed by atoms with Crippen LogP contribution in [0.4, 0.5) is 0 Å². The molecule has 2 N–H and O–H groups in total. The summed E-state index contributed by atoms with van der Waals surface area (Å²) in [5.74, 6) is 0.488. The van der Waals surface area contributed by atoms with E-state index in [-0.39, 0.29) is 17.4 Å². The molecule has 0 aromatic carbocycles. The standard InChI is InChI=1S/C13H27NO2/c1-10(2)7-6-8-16-12(15)9-11(14)13(3,4)5/h10-11H,6-9,14H2,1-5H3. The monoisotopic (exact) mass is 229 g/mol. The maximum absolute atomic E-state index is 11.4. The van der Waals surface area contributed by atoms with E-state index >= 15 is 0 Å². The van der Waals surface area contributed by atoms with Crippen LogP contribution in [0.2, 0.25) is 0 Å².